The molecule has 4 heterocycles. The molecule has 0 bridgehead atoms. The van der Waals surface area contributed by atoms with Crippen molar-refractivity contribution >= 4 is 11.7 Å². The van der Waals surface area contributed by atoms with Crippen molar-refractivity contribution in [2.45, 2.75) is 20.4 Å². The second-order valence-corrected chi connectivity index (χ2v) is 6.35. The number of anilines is 1. The standard InChI is InChI=1S/C18H18N8O2/c1-11-6-16(25(3)23-11)22-17(27)10-26-9-14(8-20-26)15-7-13(4-5-19-15)18-21-12(2)24-28-18/h4-9H,10H2,1-3H3,(H,22,27). The van der Waals surface area contributed by atoms with Crippen LogP contribution in [0.15, 0.2) is 41.3 Å². The number of amides is 1. The van der Waals surface area contributed by atoms with Crippen LogP contribution >= 0.6 is 0 Å². The molecule has 0 atom stereocenters. The highest BCUT2D eigenvalue weighted by atomic mass is 16.5. The van der Waals surface area contributed by atoms with Crippen molar-refractivity contribution in [2.75, 3.05) is 5.32 Å². The highest BCUT2D eigenvalue weighted by Gasteiger charge is 2.12. The Morgan fingerprint density at radius 3 is 2.82 bits per heavy atom. The van der Waals surface area contributed by atoms with Crippen molar-refractivity contribution in [3.8, 4) is 22.7 Å². The van der Waals surface area contributed by atoms with Gasteiger partial charge in [-0.05, 0) is 26.0 Å². The lowest BCUT2D eigenvalue weighted by molar-refractivity contribution is -0.116. The molecular formula is C18H18N8O2. The van der Waals surface area contributed by atoms with E-state index in [1.807, 2.05) is 13.0 Å². The number of aromatic nitrogens is 7. The van der Waals surface area contributed by atoms with Crippen LogP contribution in [-0.2, 0) is 18.4 Å². The summed E-state index contributed by atoms with van der Waals surface area (Å²) in [5.74, 6) is 1.44. The number of aryl methyl sites for hydroxylation is 3. The third kappa shape index (κ3) is 3.65. The smallest absolute Gasteiger partial charge is 0.258 e. The molecular weight excluding hydrogens is 360 g/mol. The molecule has 0 aliphatic carbocycles. The average Bonchev–Trinajstić information content (AvgIpc) is 3.37. The first-order valence-electron chi connectivity index (χ1n) is 8.58. The minimum absolute atomic E-state index is 0.0762. The number of rotatable bonds is 5. The van der Waals surface area contributed by atoms with Gasteiger partial charge in [-0.25, -0.2) is 0 Å². The molecule has 0 spiro atoms. The molecule has 28 heavy (non-hydrogen) atoms. The quantitative estimate of drug-likeness (QED) is 0.564. The van der Waals surface area contributed by atoms with Gasteiger partial charge in [-0.2, -0.15) is 15.2 Å². The molecule has 4 rings (SSSR count). The van der Waals surface area contributed by atoms with Crippen LogP contribution in [0.2, 0.25) is 0 Å². The maximum atomic E-state index is 12.3. The van der Waals surface area contributed by atoms with Crippen LogP contribution in [0, 0.1) is 13.8 Å². The topological polar surface area (TPSA) is 117 Å². The van der Waals surface area contributed by atoms with Crippen LogP contribution in [0.25, 0.3) is 22.7 Å². The fourth-order valence-electron chi connectivity index (χ4n) is 2.78. The Morgan fingerprint density at radius 2 is 2.11 bits per heavy atom. The first-order valence-corrected chi connectivity index (χ1v) is 8.58. The largest absolute Gasteiger partial charge is 0.334 e. The zero-order valence-electron chi connectivity index (χ0n) is 15.6. The SMILES string of the molecule is Cc1cc(NC(=O)Cn2cc(-c3cc(-c4nc(C)no4)ccn3)cn2)n(C)n1. The molecule has 142 valence electrons. The molecule has 0 aromatic carbocycles. The molecule has 1 N–H and O–H groups in total. The van der Waals surface area contributed by atoms with Gasteiger partial charge in [-0.1, -0.05) is 5.16 Å². The van der Waals surface area contributed by atoms with Gasteiger partial charge in [-0.3, -0.25) is 19.1 Å². The molecule has 10 heteroatoms. The van der Waals surface area contributed by atoms with Crippen molar-refractivity contribution in [3.63, 3.8) is 0 Å². The Labute approximate surface area is 160 Å². The molecule has 0 aliphatic heterocycles. The van der Waals surface area contributed by atoms with E-state index in [9.17, 15) is 4.79 Å². The zero-order valence-corrected chi connectivity index (χ0v) is 15.6. The van der Waals surface area contributed by atoms with Crippen molar-refractivity contribution in [1.29, 1.82) is 0 Å². The summed E-state index contributed by atoms with van der Waals surface area (Å²) >= 11 is 0. The lowest BCUT2D eigenvalue weighted by atomic mass is 10.1. The molecule has 0 aliphatic rings. The van der Waals surface area contributed by atoms with Gasteiger partial charge >= 0.3 is 0 Å². The van der Waals surface area contributed by atoms with Crippen molar-refractivity contribution in [2.24, 2.45) is 7.05 Å². The predicted octanol–water partition coefficient (Wildman–Crippen LogP) is 1.98. The average molecular weight is 378 g/mol. The highest BCUT2D eigenvalue weighted by molar-refractivity contribution is 5.89. The predicted molar refractivity (Wildman–Crippen MR) is 100 cm³/mol. The van der Waals surface area contributed by atoms with E-state index in [-0.39, 0.29) is 12.5 Å². The molecule has 0 saturated carbocycles. The van der Waals surface area contributed by atoms with Gasteiger partial charge in [0, 0.05) is 36.6 Å². The molecule has 0 fully saturated rings. The summed E-state index contributed by atoms with van der Waals surface area (Å²) in [5, 5.41) is 15.1. The van der Waals surface area contributed by atoms with Crippen molar-refractivity contribution in [1.82, 2.24) is 34.7 Å². The summed E-state index contributed by atoms with van der Waals surface area (Å²) in [6.45, 7) is 3.70. The lowest BCUT2D eigenvalue weighted by Crippen LogP contribution is -2.20. The molecule has 0 saturated heterocycles. The second-order valence-electron chi connectivity index (χ2n) is 6.35. The number of carbonyl (C=O) groups excluding carboxylic acids is 1. The molecule has 4 aromatic heterocycles. The van der Waals surface area contributed by atoms with E-state index in [0.29, 0.717) is 23.2 Å². The Kier molecular flexibility index (Phi) is 4.44. The van der Waals surface area contributed by atoms with E-state index in [2.05, 4.69) is 30.6 Å². The molecule has 0 unspecified atom stereocenters. The summed E-state index contributed by atoms with van der Waals surface area (Å²) < 4.78 is 8.37. The Morgan fingerprint density at radius 1 is 1.25 bits per heavy atom. The van der Waals surface area contributed by atoms with E-state index in [4.69, 9.17) is 4.52 Å². The Balaban J connectivity index is 1.48. The van der Waals surface area contributed by atoms with Crippen LogP contribution in [-0.4, -0.2) is 40.6 Å². The van der Waals surface area contributed by atoms with Gasteiger partial charge in [0.25, 0.3) is 5.89 Å². The Bertz CT molecular complexity index is 1140. The van der Waals surface area contributed by atoms with Gasteiger partial charge in [0.1, 0.15) is 12.4 Å². The number of nitrogens with zero attached hydrogens (tertiary/aromatic N) is 7. The van der Waals surface area contributed by atoms with E-state index in [1.54, 1.807) is 54.1 Å². The number of nitrogens with one attached hydrogen (secondary N) is 1. The lowest BCUT2D eigenvalue weighted by Gasteiger charge is -2.05. The summed E-state index contributed by atoms with van der Waals surface area (Å²) in [4.78, 5) is 20.9. The minimum atomic E-state index is -0.194. The third-order valence-corrected chi connectivity index (χ3v) is 4.04. The normalized spacial score (nSPS) is 11.0. The maximum Gasteiger partial charge on any atom is 0.258 e. The molecule has 1 amide bonds. The van der Waals surface area contributed by atoms with E-state index < -0.39 is 0 Å². The van der Waals surface area contributed by atoms with Gasteiger partial charge in [0.15, 0.2) is 5.82 Å². The first kappa shape index (κ1) is 17.6. The number of hydrogen-bond acceptors (Lipinski definition) is 7. The first-order chi connectivity index (χ1) is 13.5. The summed E-state index contributed by atoms with van der Waals surface area (Å²) in [6.07, 6.45) is 5.09. The highest BCUT2D eigenvalue weighted by Crippen LogP contribution is 2.23. The third-order valence-electron chi connectivity index (χ3n) is 4.04. The fourth-order valence-corrected chi connectivity index (χ4v) is 2.78. The van der Waals surface area contributed by atoms with Crippen LogP contribution in [0.4, 0.5) is 5.82 Å². The molecule has 0 radical (unpaired) electrons. The maximum absolute atomic E-state index is 12.3. The van der Waals surface area contributed by atoms with Crippen LogP contribution in [0.1, 0.15) is 11.5 Å². The molecule has 10 nitrogen and oxygen atoms in total. The Hall–Kier alpha value is -3.82. The number of carbonyl (C=O) groups is 1. The zero-order chi connectivity index (χ0) is 19.7. The van der Waals surface area contributed by atoms with Crippen LogP contribution in [0.3, 0.4) is 0 Å². The fraction of sp³-hybridized carbons (Fsp3) is 0.222. The van der Waals surface area contributed by atoms with Gasteiger partial charge in [0.2, 0.25) is 5.91 Å². The van der Waals surface area contributed by atoms with Gasteiger partial charge < -0.3 is 9.84 Å². The summed E-state index contributed by atoms with van der Waals surface area (Å²) in [6, 6.07) is 5.44. The van der Waals surface area contributed by atoms with E-state index in [1.165, 1.54) is 0 Å². The van der Waals surface area contributed by atoms with E-state index in [0.717, 1.165) is 16.8 Å². The monoisotopic (exact) mass is 378 g/mol. The van der Waals surface area contributed by atoms with Gasteiger partial charge in [0.05, 0.1) is 17.6 Å². The minimum Gasteiger partial charge on any atom is -0.334 e. The molecule has 4 aromatic rings. The number of pyridine rings is 1. The van der Waals surface area contributed by atoms with Crippen LogP contribution in [0.5, 0.6) is 0 Å². The number of hydrogen-bond donors (Lipinski definition) is 1. The van der Waals surface area contributed by atoms with Gasteiger partial charge in [-0.15, -0.1) is 0 Å². The van der Waals surface area contributed by atoms with Crippen molar-refractivity contribution in [3.05, 3.63) is 48.3 Å². The van der Waals surface area contributed by atoms with E-state index >= 15 is 0 Å². The van der Waals surface area contributed by atoms with Crippen LogP contribution < -0.4 is 5.32 Å². The second kappa shape index (κ2) is 7.06. The summed E-state index contributed by atoms with van der Waals surface area (Å²) in [7, 11) is 1.78. The van der Waals surface area contributed by atoms with Crippen molar-refractivity contribution < 1.29 is 9.32 Å². The summed E-state index contributed by atoms with van der Waals surface area (Å²) in [5.41, 5.74) is 3.08.